The van der Waals surface area contributed by atoms with E-state index in [-0.39, 0.29) is 11.8 Å². The Balaban J connectivity index is 1.43. The minimum Gasteiger partial charge on any atom is -0.459 e. The van der Waals surface area contributed by atoms with Gasteiger partial charge in [0.05, 0.1) is 28.7 Å². The first-order chi connectivity index (χ1) is 16.0. The summed E-state index contributed by atoms with van der Waals surface area (Å²) in [5, 5.41) is 5.35. The first kappa shape index (κ1) is 20.9. The summed E-state index contributed by atoms with van der Waals surface area (Å²) in [7, 11) is 0. The number of hydrogen-bond acceptors (Lipinski definition) is 5. The van der Waals surface area contributed by atoms with Crippen LogP contribution in [0.2, 0.25) is 0 Å². The van der Waals surface area contributed by atoms with Gasteiger partial charge in [0.2, 0.25) is 0 Å². The molecule has 5 rings (SSSR count). The molecule has 0 bridgehead atoms. The lowest BCUT2D eigenvalue weighted by Crippen LogP contribution is -2.50. The number of carbonyl (C=O) groups excluding carboxylic acids is 2. The molecular formula is C25H25N5O3. The fraction of sp³-hybridized carbons (Fsp3) is 0.280. The van der Waals surface area contributed by atoms with Crippen molar-refractivity contribution in [3.63, 3.8) is 0 Å². The molecule has 0 spiro atoms. The maximum atomic E-state index is 13.6. The second-order valence-electron chi connectivity index (χ2n) is 8.12. The van der Waals surface area contributed by atoms with Gasteiger partial charge in [0.25, 0.3) is 11.8 Å². The van der Waals surface area contributed by atoms with E-state index in [2.05, 4.69) is 5.10 Å². The van der Waals surface area contributed by atoms with Crippen LogP contribution >= 0.6 is 0 Å². The molecule has 4 aromatic rings. The van der Waals surface area contributed by atoms with Crippen LogP contribution in [-0.2, 0) is 6.54 Å². The van der Waals surface area contributed by atoms with Gasteiger partial charge in [-0.15, -0.1) is 0 Å². The molecule has 0 aliphatic carbocycles. The minimum atomic E-state index is -0.146. The van der Waals surface area contributed by atoms with Gasteiger partial charge in [-0.05, 0) is 38.1 Å². The number of amides is 2. The average Bonchev–Trinajstić information content (AvgIpc) is 3.52. The second-order valence-corrected chi connectivity index (χ2v) is 8.12. The Morgan fingerprint density at radius 3 is 2.39 bits per heavy atom. The Labute approximate surface area is 191 Å². The van der Waals surface area contributed by atoms with Crippen LogP contribution in [0.3, 0.4) is 0 Å². The number of aryl methyl sites for hydroxylation is 2. The van der Waals surface area contributed by atoms with Crippen molar-refractivity contribution in [2.45, 2.75) is 20.4 Å². The van der Waals surface area contributed by atoms with E-state index in [0.29, 0.717) is 37.5 Å². The summed E-state index contributed by atoms with van der Waals surface area (Å²) in [6.45, 7) is 6.60. The van der Waals surface area contributed by atoms with Gasteiger partial charge in [0.1, 0.15) is 0 Å². The molecule has 1 saturated heterocycles. The first-order valence-corrected chi connectivity index (χ1v) is 11.1. The monoisotopic (exact) mass is 443 g/mol. The Morgan fingerprint density at radius 2 is 1.73 bits per heavy atom. The number of aromatic nitrogens is 3. The van der Waals surface area contributed by atoms with E-state index >= 15 is 0 Å². The lowest BCUT2D eigenvalue weighted by molar-refractivity contribution is 0.0519. The largest absolute Gasteiger partial charge is 0.459 e. The van der Waals surface area contributed by atoms with Crippen molar-refractivity contribution >= 4 is 22.7 Å². The van der Waals surface area contributed by atoms with Gasteiger partial charge in [0, 0.05) is 49.9 Å². The molecule has 0 atom stereocenters. The summed E-state index contributed by atoms with van der Waals surface area (Å²) < 4.78 is 7.10. The highest BCUT2D eigenvalue weighted by Crippen LogP contribution is 2.28. The zero-order valence-corrected chi connectivity index (χ0v) is 18.7. The van der Waals surface area contributed by atoms with Crippen molar-refractivity contribution in [3.05, 3.63) is 71.9 Å². The Kier molecular flexibility index (Phi) is 5.42. The summed E-state index contributed by atoms with van der Waals surface area (Å²) in [6, 6.07) is 12.9. The molecule has 0 saturated carbocycles. The highest BCUT2D eigenvalue weighted by atomic mass is 16.3. The fourth-order valence-corrected chi connectivity index (χ4v) is 4.26. The van der Waals surface area contributed by atoms with Gasteiger partial charge in [-0.3, -0.25) is 14.3 Å². The normalized spacial score (nSPS) is 14.1. The van der Waals surface area contributed by atoms with E-state index in [1.807, 2.05) is 55.1 Å². The molecule has 1 aromatic carbocycles. The highest BCUT2D eigenvalue weighted by molar-refractivity contribution is 6.07. The van der Waals surface area contributed by atoms with Crippen LogP contribution in [0.4, 0.5) is 0 Å². The maximum absolute atomic E-state index is 13.6. The van der Waals surface area contributed by atoms with Crippen LogP contribution in [0.1, 0.15) is 33.5 Å². The standard InChI is InChI=1S/C25H25N5O3/c1-3-30-16-20(17(2)27-30)22-15-19(18-7-4-5-8-21(18)26-22)24(31)28-10-12-29(13-11-28)25(32)23-9-6-14-33-23/h4-9,14-16H,3,10-13H2,1-2H3. The van der Waals surface area contributed by atoms with Crippen molar-refractivity contribution in [3.8, 4) is 11.3 Å². The number of para-hydroxylation sites is 1. The van der Waals surface area contributed by atoms with Gasteiger partial charge >= 0.3 is 0 Å². The number of fused-ring (bicyclic) bond motifs is 1. The molecular weight excluding hydrogens is 418 g/mol. The zero-order chi connectivity index (χ0) is 22.9. The van der Waals surface area contributed by atoms with E-state index < -0.39 is 0 Å². The number of rotatable bonds is 4. The average molecular weight is 444 g/mol. The van der Waals surface area contributed by atoms with Gasteiger partial charge in [-0.2, -0.15) is 5.10 Å². The molecule has 8 nitrogen and oxygen atoms in total. The summed E-state index contributed by atoms with van der Waals surface area (Å²) in [6.07, 6.45) is 3.46. The third kappa shape index (κ3) is 3.88. The van der Waals surface area contributed by atoms with E-state index in [1.165, 1.54) is 6.26 Å². The van der Waals surface area contributed by atoms with E-state index in [1.54, 1.807) is 21.9 Å². The fourth-order valence-electron chi connectivity index (χ4n) is 4.26. The second kappa shape index (κ2) is 8.54. The van der Waals surface area contributed by atoms with Gasteiger partial charge in [-0.25, -0.2) is 4.98 Å². The number of hydrogen-bond donors (Lipinski definition) is 0. The molecule has 1 aliphatic heterocycles. The quantitative estimate of drug-likeness (QED) is 0.481. The summed E-state index contributed by atoms with van der Waals surface area (Å²) in [4.78, 5) is 34.5. The van der Waals surface area contributed by atoms with Crippen molar-refractivity contribution in [1.29, 1.82) is 0 Å². The molecule has 168 valence electrons. The van der Waals surface area contributed by atoms with Gasteiger partial charge in [-0.1, -0.05) is 18.2 Å². The van der Waals surface area contributed by atoms with Crippen LogP contribution in [0.5, 0.6) is 0 Å². The topological polar surface area (TPSA) is 84.5 Å². The molecule has 33 heavy (non-hydrogen) atoms. The van der Waals surface area contributed by atoms with Crippen molar-refractivity contribution < 1.29 is 14.0 Å². The molecule has 0 radical (unpaired) electrons. The predicted octanol–water partition coefficient (Wildman–Crippen LogP) is 3.62. The van der Waals surface area contributed by atoms with Crippen LogP contribution in [0, 0.1) is 6.92 Å². The molecule has 3 aromatic heterocycles. The Hall–Kier alpha value is -3.94. The van der Waals surface area contributed by atoms with Crippen LogP contribution in [0.15, 0.2) is 59.3 Å². The Bertz CT molecular complexity index is 1320. The van der Waals surface area contributed by atoms with Gasteiger partial charge < -0.3 is 14.2 Å². The lowest BCUT2D eigenvalue weighted by Gasteiger charge is -2.34. The Morgan fingerprint density at radius 1 is 1.00 bits per heavy atom. The van der Waals surface area contributed by atoms with Crippen LogP contribution in [0.25, 0.3) is 22.2 Å². The number of nitrogens with zero attached hydrogens (tertiary/aromatic N) is 5. The van der Waals surface area contributed by atoms with Crippen molar-refractivity contribution in [1.82, 2.24) is 24.6 Å². The van der Waals surface area contributed by atoms with E-state index in [0.717, 1.165) is 34.4 Å². The zero-order valence-electron chi connectivity index (χ0n) is 18.7. The van der Waals surface area contributed by atoms with Gasteiger partial charge in [0.15, 0.2) is 5.76 Å². The summed E-state index contributed by atoms with van der Waals surface area (Å²) >= 11 is 0. The van der Waals surface area contributed by atoms with Crippen LogP contribution < -0.4 is 0 Å². The molecule has 0 N–H and O–H groups in total. The SMILES string of the molecule is CCn1cc(-c2cc(C(=O)N3CCN(C(=O)c4ccco4)CC3)c3ccccc3n2)c(C)n1. The summed E-state index contributed by atoms with van der Waals surface area (Å²) in [5.41, 5.74) is 3.92. The molecule has 2 amide bonds. The number of pyridine rings is 1. The number of benzene rings is 1. The number of furan rings is 1. The third-order valence-electron chi connectivity index (χ3n) is 6.08. The third-order valence-corrected chi connectivity index (χ3v) is 6.08. The lowest BCUT2D eigenvalue weighted by atomic mass is 10.0. The smallest absolute Gasteiger partial charge is 0.289 e. The van der Waals surface area contributed by atoms with Crippen molar-refractivity contribution in [2.24, 2.45) is 0 Å². The molecule has 0 unspecified atom stereocenters. The minimum absolute atomic E-state index is 0.0551. The van der Waals surface area contributed by atoms with E-state index in [4.69, 9.17) is 9.40 Å². The highest BCUT2D eigenvalue weighted by Gasteiger charge is 2.28. The predicted molar refractivity (Wildman–Crippen MR) is 124 cm³/mol. The van der Waals surface area contributed by atoms with E-state index in [9.17, 15) is 9.59 Å². The number of piperazine rings is 1. The molecule has 1 aliphatic rings. The molecule has 1 fully saturated rings. The summed E-state index contributed by atoms with van der Waals surface area (Å²) in [5.74, 6) is 0.121. The van der Waals surface area contributed by atoms with Crippen molar-refractivity contribution in [2.75, 3.05) is 26.2 Å². The van der Waals surface area contributed by atoms with Crippen LogP contribution in [-0.4, -0.2) is 62.6 Å². The molecule has 4 heterocycles. The maximum Gasteiger partial charge on any atom is 0.289 e. The first-order valence-electron chi connectivity index (χ1n) is 11.1. The molecule has 8 heteroatoms. The number of carbonyl (C=O) groups is 2.